The van der Waals surface area contributed by atoms with Gasteiger partial charge in [-0.15, -0.1) is 0 Å². The SMILES string of the molecule is CCC[C@H]1C(=O)N([C@@H](Cc2ccc3ccccc3c2)C(=O)NC)CCN1C(=O)[C@H](N)Cc1ccc(Cl)cc1. The maximum atomic E-state index is 13.8. The molecule has 1 saturated heterocycles. The number of rotatable bonds is 9. The Balaban J connectivity index is 1.53. The second-order valence-electron chi connectivity index (χ2n) is 9.82. The molecule has 3 aromatic carbocycles. The summed E-state index contributed by atoms with van der Waals surface area (Å²) in [7, 11) is 1.58. The van der Waals surface area contributed by atoms with Gasteiger partial charge in [-0.2, -0.15) is 0 Å². The molecule has 3 atom stereocenters. The Morgan fingerprint density at radius 3 is 2.37 bits per heavy atom. The average Bonchev–Trinajstić information content (AvgIpc) is 2.93. The summed E-state index contributed by atoms with van der Waals surface area (Å²) in [6, 6.07) is 19.3. The Morgan fingerprint density at radius 2 is 1.68 bits per heavy atom. The van der Waals surface area contributed by atoms with E-state index in [1.54, 1.807) is 29.0 Å². The quantitative estimate of drug-likeness (QED) is 0.439. The van der Waals surface area contributed by atoms with Gasteiger partial charge in [0.15, 0.2) is 0 Å². The predicted octanol–water partition coefficient (Wildman–Crippen LogP) is 3.56. The monoisotopic (exact) mass is 534 g/mol. The maximum absolute atomic E-state index is 13.8. The molecule has 7 nitrogen and oxygen atoms in total. The lowest BCUT2D eigenvalue weighted by Gasteiger charge is -2.44. The van der Waals surface area contributed by atoms with Crippen molar-refractivity contribution in [3.63, 3.8) is 0 Å². The zero-order valence-electron chi connectivity index (χ0n) is 21.9. The molecule has 200 valence electrons. The second kappa shape index (κ2) is 12.4. The van der Waals surface area contributed by atoms with E-state index < -0.39 is 18.1 Å². The van der Waals surface area contributed by atoms with Gasteiger partial charge in [-0.3, -0.25) is 14.4 Å². The lowest BCUT2D eigenvalue weighted by Crippen LogP contribution is -2.65. The summed E-state index contributed by atoms with van der Waals surface area (Å²) in [5.74, 6) is -0.682. The van der Waals surface area contributed by atoms with E-state index in [0.29, 0.717) is 30.8 Å². The van der Waals surface area contributed by atoms with Gasteiger partial charge in [0.25, 0.3) is 0 Å². The van der Waals surface area contributed by atoms with Crippen LogP contribution in [-0.2, 0) is 27.2 Å². The standard InChI is InChI=1S/C30H35ClN4O3/c1-3-6-26-30(38)35(16-15-34(26)29(37)25(32)18-20-10-13-24(31)14-11-20)27(28(36)33-2)19-21-9-12-22-7-4-5-8-23(22)17-21/h4-5,7-14,17,25-27H,3,6,15-16,18-19,32H2,1-2H3,(H,33,36)/t25-,26+,27+/m1/s1. The van der Waals surface area contributed by atoms with Crippen molar-refractivity contribution in [2.75, 3.05) is 20.1 Å². The van der Waals surface area contributed by atoms with E-state index in [-0.39, 0.29) is 24.3 Å². The molecule has 0 spiro atoms. The van der Waals surface area contributed by atoms with Crippen molar-refractivity contribution in [2.24, 2.45) is 5.73 Å². The van der Waals surface area contributed by atoms with E-state index in [1.807, 2.05) is 55.5 Å². The first-order valence-electron chi connectivity index (χ1n) is 13.1. The normalized spacial score (nSPS) is 17.4. The molecule has 4 rings (SSSR count). The predicted molar refractivity (Wildman–Crippen MR) is 151 cm³/mol. The topological polar surface area (TPSA) is 95.7 Å². The van der Waals surface area contributed by atoms with Gasteiger partial charge >= 0.3 is 0 Å². The van der Waals surface area contributed by atoms with Crippen LogP contribution >= 0.6 is 11.6 Å². The summed E-state index contributed by atoms with van der Waals surface area (Å²) in [6.07, 6.45) is 1.96. The van der Waals surface area contributed by atoms with Crippen molar-refractivity contribution in [3.8, 4) is 0 Å². The molecule has 0 aromatic heterocycles. The second-order valence-corrected chi connectivity index (χ2v) is 10.3. The van der Waals surface area contributed by atoms with Crippen molar-refractivity contribution < 1.29 is 14.4 Å². The third kappa shape index (κ3) is 6.17. The number of hydrogen-bond acceptors (Lipinski definition) is 4. The number of hydrogen-bond donors (Lipinski definition) is 2. The van der Waals surface area contributed by atoms with Crippen LogP contribution in [0.4, 0.5) is 0 Å². The van der Waals surface area contributed by atoms with Crippen molar-refractivity contribution in [1.82, 2.24) is 15.1 Å². The van der Waals surface area contributed by atoms with E-state index in [2.05, 4.69) is 11.4 Å². The number of amides is 3. The summed E-state index contributed by atoms with van der Waals surface area (Å²) >= 11 is 5.97. The fraction of sp³-hybridized carbons (Fsp3) is 0.367. The van der Waals surface area contributed by atoms with Gasteiger partial charge in [0, 0.05) is 31.6 Å². The zero-order valence-corrected chi connectivity index (χ0v) is 22.7. The first-order valence-corrected chi connectivity index (χ1v) is 13.5. The maximum Gasteiger partial charge on any atom is 0.246 e. The first kappa shape index (κ1) is 27.6. The van der Waals surface area contributed by atoms with Gasteiger partial charge in [0.2, 0.25) is 17.7 Å². The van der Waals surface area contributed by atoms with Gasteiger partial charge in [0.05, 0.1) is 6.04 Å². The van der Waals surface area contributed by atoms with Crippen molar-refractivity contribution >= 4 is 40.1 Å². The van der Waals surface area contributed by atoms with Crippen LogP contribution < -0.4 is 11.1 Å². The zero-order chi connectivity index (χ0) is 27.2. The Hall–Kier alpha value is -3.42. The van der Waals surface area contributed by atoms with Crippen LogP contribution in [-0.4, -0.2) is 65.8 Å². The van der Waals surface area contributed by atoms with Crippen LogP contribution in [0.1, 0.15) is 30.9 Å². The van der Waals surface area contributed by atoms with E-state index in [9.17, 15) is 14.4 Å². The molecular weight excluding hydrogens is 500 g/mol. The smallest absolute Gasteiger partial charge is 0.246 e. The average molecular weight is 535 g/mol. The fourth-order valence-corrected chi connectivity index (χ4v) is 5.33. The lowest BCUT2D eigenvalue weighted by molar-refractivity contribution is -0.156. The molecule has 0 unspecified atom stereocenters. The van der Waals surface area contributed by atoms with E-state index >= 15 is 0 Å². The van der Waals surface area contributed by atoms with Crippen LogP contribution in [0, 0.1) is 0 Å². The van der Waals surface area contributed by atoms with E-state index in [1.165, 1.54) is 0 Å². The summed E-state index contributed by atoms with van der Waals surface area (Å²) in [5, 5.41) is 5.55. The number of halogens is 1. The van der Waals surface area contributed by atoms with E-state index in [4.69, 9.17) is 17.3 Å². The van der Waals surface area contributed by atoms with Crippen LogP contribution in [0.3, 0.4) is 0 Å². The van der Waals surface area contributed by atoms with Gasteiger partial charge in [-0.05, 0) is 46.9 Å². The number of nitrogens with one attached hydrogen (secondary N) is 1. The molecule has 0 aliphatic carbocycles. The number of nitrogens with zero attached hydrogens (tertiary/aromatic N) is 2. The van der Waals surface area contributed by atoms with Gasteiger partial charge in [0.1, 0.15) is 12.1 Å². The molecule has 1 fully saturated rings. The molecule has 0 bridgehead atoms. The highest BCUT2D eigenvalue weighted by atomic mass is 35.5. The van der Waals surface area contributed by atoms with Gasteiger partial charge < -0.3 is 20.9 Å². The molecule has 8 heteroatoms. The van der Waals surface area contributed by atoms with E-state index in [0.717, 1.165) is 28.3 Å². The first-order chi connectivity index (χ1) is 18.3. The minimum atomic E-state index is -0.776. The number of fused-ring (bicyclic) bond motifs is 1. The number of carbonyl (C=O) groups excluding carboxylic acids is 3. The number of benzene rings is 3. The molecule has 3 amide bonds. The highest BCUT2D eigenvalue weighted by Crippen LogP contribution is 2.23. The molecule has 3 aromatic rings. The summed E-state index contributed by atoms with van der Waals surface area (Å²) in [4.78, 5) is 43.5. The van der Waals surface area contributed by atoms with Crippen molar-refractivity contribution in [1.29, 1.82) is 0 Å². The Kier molecular flexibility index (Phi) is 9.02. The van der Waals surface area contributed by atoms with Crippen molar-refractivity contribution in [3.05, 3.63) is 82.9 Å². The molecule has 1 aliphatic rings. The fourth-order valence-electron chi connectivity index (χ4n) is 5.21. The Labute approximate surface area is 228 Å². The highest BCUT2D eigenvalue weighted by Gasteiger charge is 2.42. The third-order valence-corrected chi connectivity index (χ3v) is 7.48. The molecule has 3 N–H and O–H groups in total. The van der Waals surface area contributed by atoms with Crippen molar-refractivity contribution in [2.45, 2.75) is 50.7 Å². The lowest BCUT2D eigenvalue weighted by atomic mass is 9.96. The highest BCUT2D eigenvalue weighted by molar-refractivity contribution is 6.30. The van der Waals surface area contributed by atoms with Crippen LogP contribution in [0.25, 0.3) is 10.8 Å². The number of carbonyl (C=O) groups is 3. The minimum absolute atomic E-state index is 0.209. The van der Waals surface area contributed by atoms with Crippen LogP contribution in [0.5, 0.6) is 0 Å². The molecule has 0 saturated carbocycles. The Morgan fingerprint density at radius 1 is 1.00 bits per heavy atom. The number of likely N-dealkylation sites (N-methyl/N-ethyl adjacent to an activating group) is 1. The van der Waals surface area contributed by atoms with Crippen LogP contribution in [0.15, 0.2) is 66.7 Å². The third-order valence-electron chi connectivity index (χ3n) is 7.23. The number of piperazine rings is 1. The summed E-state index contributed by atoms with van der Waals surface area (Å²) in [6.45, 7) is 2.58. The molecule has 0 radical (unpaired) electrons. The summed E-state index contributed by atoms with van der Waals surface area (Å²) < 4.78 is 0. The Bertz CT molecular complexity index is 1300. The number of nitrogens with two attached hydrogens (primary N) is 1. The van der Waals surface area contributed by atoms with Gasteiger partial charge in [-0.1, -0.05) is 79.5 Å². The largest absolute Gasteiger partial charge is 0.357 e. The molecular formula is C30H35ClN4O3. The summed E-state index contributed by atoms with van der Waals surface area (Å²) in [5.41, 5.74) is 8.20. The molecule has 1 heterocycles. The minimum Gasteiger partial charge on any atom is -0.357 e. The molecule has 1 aliphatic heterocycles. The van der Waals surface area contributed by atoms with Crippen LogP contribution in [0.2, 0.25) is 5.02 Å². The van der Waals surface area contributed by atoms with Gasteiger partial charge in [-0.25, -0.2) is 0 Å². The molecule has 38 heavy (non-hydrogen) atoms.